The lowest BCUT2D eigenvalue weighted by Crippen LogP contribution is -2.49. The highest BCUT2D eigenvalue weighted by Crippen LogP contribution is 2.32. The molecule has 5 N–H and O–H groups in total. The number of para-hydroxylation sites is 2. The first-order valence-corrected chi connectivity index (χ1v) is 8.48. The summed E-state index contributed by atoms with van der Waals surface area (Å²) in [5.74, 6) is -1.99. The van der Waals surface area contributed by atoms with Crippen LogP contribution in [0.3, 0.4) is 0 Å². The molecule has 1 amide bonds. The van der Waals surface area contributed by atoms with E-state index >= 15 is 0 Å². The van der Waals surface area contributed by atoms with E-state index in [0.717, 1.165) is 16.3 Å². The van der Waals surface area contributed by atoms with Crippen molar-refractivity contribution in [1.82, 2.24) is 10.5 Å². The number of hydrogen-bond acceptors (Lipinski definition) is 10. The van der Waals surface area contributed by atoms with Gasteiger partial charge in [0.25, 0.3) is 5.91 Å². The summed E-state index contributed by atoms with van der Waals surface area (Å²) in [6.07, 6.45) is 0. The Labute approximate surface area is 157 Å². The molecule has 0 fully saturated rings. The number of oxime groups is 1. The molecule has 2 heterocycles. The molecule has 0 bridgehead atoms. The molecule has 1 aliphatic heterocycles. The molecule has 0 aliphatic carbocycles. The predicted molar refractivity (Wildman–Crippen MR) is 97.2 cm³/mol. The van der Waals surface area contributed by atoms with E-state index in [4.69, 9.17) is 15.7 Å². The maximum atomic E-state index is 13.0. The van der Waals surface area contributed by atoms with Gasteiger partial charge in [0.1, 0.15) is 11.4 Å². The van der Waals surface area contributed by atoms with E-state index in [0.29, 0.717) is 16.5 Å². The summed E-state index contributed by atoms with van der Waals surface area (Å²) in [4.78, 5) is 33.4. The van der Waals surface area contributed by atoms with Crippen molar-refractivity contribution >= 4 is 45.4 Å². The summed E-state index contributed by atoms with van der Waals surface area (Å²) >= 11 is 1.08. The number of carboxylic acids is 1. The van der Waals surface area contributed by atoms with Crippen LogP contribution in [0.5, 0.6) is 0 Å². The summed E-state index contributed by atoms with van der Waals surface area (Å²) in [6.45, 7) is 2.57. The molecule has 142 valence electrons. The third-order valence-electron chi connectivity index (χ3n) is 3.60. The first-order valence-electron chi connectivity index (χ1n) is 7.60. The maximum absolute atomic E-state index is 13.0. The molecule has 3 rings (SSSR count). The zero-order chi connectivity index (χ0) is 19.8. The van der Waals surface area contributed by atoms with Gasteiger partial charge >= 0.3 is 5.97 Å². The number of fused-ring (bicyclic) bond motifs is 1. The van der Waals surface area contributed by atoms with Gasteiger partial charge < -0.3 is 15.7 Å². The molecule has 1 aliphatic rings. The van der Waals surface area contributed by atoms with Gasteiger partial charge in [-0.25, -0.2) is 14.8 Å². The molecule has 0 saturated heterocycles. The van der Waals surface area contributed by atoms with Crippen molar-refractivity contribution in [2.45, 2.75) is 19.4 Å². The number of benzene rings is 1. The number of rotatable bonds is 5. The van der Waals surface area contributed by atoms with Gasteiger partial charge in [0, 0.05) is 5.38 Å². The van der Waals surface area contributed by atoms with E-state index in [-0.39, 0.29) is 16.5 Å². The number of nitrogens with zero attached hydrogens (tertiary/aromatic N) is 4. The maximum Gasteiger partial charge on any atom is 0.350 e. The molecule has 1 aromatic carbocycles. The normalized spacial score (nSPS) is 14.3. The first-order chi connectivity index (χ1) is 12.7. The lowest BCUT2D eigenvalue weighted by Gasteiger charge is -2.20. The second-order valence-electron chi connectivity index (χ2n) is 5.96. The van der Waals surface area contributed by atoms with Crippen LogP contribution in [0.4, 0.5) is 16.5 Å². The van der Waals surface area contributed by atoms with Crippen LogP contribution in [0, 0.1) is 0 Å². The number of thiazole rings is 1. The van der Waals surface area contributed by atoms with Gasteiger partial charge in [-0.1, -0.05) is 17.3 Å². The average molecular weight is 392 g/mol. The van der Waals surface area contributed by atoms with E-state index in [1.54, 1.807) is 24.3 Å². The molecule has 0 radical (unpaired) electrons. The topological polar surface area (TPSA) is 154 Å². The number of anilines is 3. The Balaban J connectivity index is 1.99. The molecule has 0 unspecified atom stereocenters. The summed E-state index contributed by atoms with van der Waals surface area (Å²) in [7, 11) is 0. The number of nitrogen functional groups attached to an aromatic ring is 1. The molecule has 27 heavy (non-hydrogen) atoms. The number of aliphatic carboxylic acids is 1. The number of nitrogens with two attached hydrogens (primary N) is 1. The van der Waals surface area contributed by atoms with Crippen molar-refractivity contribution in [3.63, 3.8) is 0 Å². The lowest BCUT2D eigenvalue weighted by atomic mass is 10.1. The molecular formula is C15H16N6O5S. The summed E-state index contributed by atoms with van der Waals surface area (Å²) in [6, 6.07) is 6.57. The van der Waals surface area contributed by atoms with Gasteiger partial charge in [-0.15, -0.1) is 16.9 Å². The predicted octanol–water partition coefficient (Wildman–Crippen LogP) is 0.971. The van der Waals surface area contributed by atoms with E-state index in [9.17, 15) is 14.8 Å². The number of hydrazine groups is 2. The Bertz CT molecular complexity index is 927. The van der Waals surface area contributed by atoms with E-state index < -0.39 is 17.5 Å². The second kappa shape index (κ2) is 6.83. The minimum atomic E-state index is -1.67. The SMILES string of the molecule is CC(C)(O/N=C(\C(=O)N1NN(O)c2ccccc21)c1csc(N)n1)C(=O)O. The minimum absolute atomic E-state index is 0.111. The van der Waals surface area contributed by atoms with Crippen molar-refractivity contribution in [3.8, 4) is 0 Å². The molecule has 11 nitrogen and oxygen atoms in total. The molecular weight excluding hydrogens is 376 g/mol. The summed E-state index contributed by atoms with van der Waals surface area (Å²) in [5, 5.41) is 26.2. The van der Waals surface area contributed by atoms with Crippen LogP contribution in [-0.2, 0) is 14.4 Å². The fraction of sp³-hybridized carbons (Fsp3) is 0.200. The van der Waals surface area contributed by atoms with E-state index in [2.05, 4.69) is 15.7 Å². The quantitative estimate of drug-likeness (QED) is 0.430. The van der Waals surface area contributed by atoms with Gasteiger partial charge in [-0.3, -0.25) is 10.0 Å². The Morgan fingerprint density at radius 1 is 1.33 bits per heavy atom. The summed E-state index contributed by atoms with van der Waals surface area (Å²) in [5.41, 5.74) is 6.94. The van der Waals surface area contributed by atoms with Crippen LogP contribution >= 0.6 is 11.3 Å². The third-order valence-corrected chi connectivity index (χ3v) is 4.27. The Morgan fingerprint density at radius 2 is 2.00 bits per heavy atom. The fourth-order valence-electron chi connectivity index (χ4n) is 2.09. The van der Waals surface area contributed by atoms with Crippen LogP contribution in [0.2, 0.25) is 0 Å². The average Bonchev–Trinajstić information content (AvgIpc) is 3.19. The molecule has 0 spiro atoms. The van der Waals surface area contributed by atoms with Gasteiger partial charge in [0.2, 0.25) is 5.60 Å². The highest BCUT2D eigenvalue weighted by Gasteiger charge is 2.35. The molecule has 1 aromatic heterocycles. The number of aromatic nitrogens is 1. The fourth-order valence-corrected chi connectivity index (χ4v) is 2.63. The third kappa shape index (κ3) is 3.53. The van der Waals surface area contributed by atoms with Crippen LogP contribution in [0.15, 0.2) is 34.8 Å². The smallest absolute Gasteiger partial charge is 0.350 e. The van der Waals surface area contributed by atoms with Gasteiger partial charge in [-0.05, 0) is 26.0 Å². The van der Waals surface area contributed by atoms with Gasteiger partial charge in [0.15, 0.2) is 10.8 Å². The Morgan fingerprint density at radius 3 is 2.59 bits per heavy atom. The number of carbonyl (C=O) groups excluding carboxylic acids is 1. The summed E-state index contributed by atoms with van der Waals surface area (Å²) < 4.78 is 0. The van der Waals surface area contributed by atoms with Crippen LogP contribution in [-0.4, -0.2) is 38.5 Å². The van der Waals surface area contributed by atoms with E-state index in [1.807, 2.05) is 0 Å². The minimum Gasteiger partial charge on any atom is -0.478 e. The van der Waals surface area contributed by atoms with Crippen molar-refractivity contribution in [3.05, 3.63) is 35.3 Å². The largest absolute Gasteiger partial charge is 0.478 e. The number of carbonyl (C=O) groups is 2. The number of amides is 1. The first kappa shape index (κ1) is 18.6. The van der Waals surface area contributed by atoms with Crippen molar-refractivity contribution in [2.75, 3.05) is 15.9 Å². The Hall–Kier alpha value is -3.22. The molecule has 2 aromatic rings. The zero-order valence-corrected chi connectivity index (χ0v) is 15.1. The van der Waals surface area contributed by atoms with Crippen molar-refractivity contribution in [2.24, 2.45) is 5.16 Å². The van der Waals surface area contributed by atoms with Gasteiger partial charge in [-0.2, -0.15) is 5.17 Å². The Kier molecular flexibility index (Phi) is 4.70. The number of nitrogens with one attached hydrogen (secondary N) is 1. The number of hydrogen-bond donors (Lipinski definition) is 4. The highest BCUT2D eigenvalue weighted by atomic mass is 32.1. The van der Waals surface area contributed by atoms with Crippen LogP contribution < -0.4 is 21.4 Å². The van der Waals surface area contributed by atoms with Gasteiger partial charge in [0.05, 0.1) is 5.69 Å². The van der Waals surface area contributed by atoms with Crippen molar-refractivity contribution in [1.29, 1.82) is 0 Å². The van der Waals surface area contributed by atoms with Crippen molar-refractivity contribution < 1.29 is 24.7 Å². The lowest BCUT2D eigenvalue weighted by molar-refractivity contribution is -0.161. The monoisotopic (exact) mass is 392 g/mol. The molecule has 12 heteroatoms. The molecule has 0 saturated carbocycles. The number of carboxylic acid groups (broad SMARTS) is 1. The zero-order valence-electron chi connectivity index (χ0n) is 14.3. The van der Waals surface area contributed by atoms with E-state index in [1.165, 1.54) is 19.2 Å². The highest BCUT2D eigenvalue weighted by molar-refractivity contribution is 7.13. The van der Waals surface area contributed by atoms with Crippen LogP contribution in [0.25, 0.3) is 0 Å². The standard InChI is InChI=1S/C15H16N6O5S/c1-15(2,13(23)24)26-18-11(8-7-27-14(16)17-8)12(22)20-9-5-3-4-6-10(9)21(25)19-20/h3-7,19,25H,1-2H3,(H2,16,17)(H,23,24)/b18-11-. The second-order valence-corrected chi connectivity index (χ2v) is 6.85. The molecule has 0 atom stereocenters. The van der Waals surface area contributed by atoms with Crippen LogP contribution in [0.1, 0.15) is 19.5 Å².